The smallest absolute Gasteiger partial charge is 0.272 e. The van der Waals surface area contributed by atoms with Crippen molar-refractivity contribution in [3.63, 3.8) is 0 Å². The summed E-state index contributed by atoms with van der Waals surface area (Å²) in [7, 11) is 1.65. The third-order valence-corrected chi connectivity index (χ3v) is 8.00. The highest BCUT2D eigenvalue weighted by molar-refractivity contribution is 5.92. The lowest BCUT2D eigenvalue weighted by Gasteiger charge is -2.43. The van der Waals surface area contributed by atoms with E-state index in [1.807, 2.05) is 33.7 Å². The third kappa shape index (κ3) is 5.32. The molecule has 1 unspecified atom stereocenters. The second-order valence-corrected chi connectivity index (χ2v) is 10.1. The zero-order chi connectivity index (χ0) is 25.9. The van der Waals surface area contributed by atoms with Crippen molar-refractivity contribution in [3.8, 4) is 11.1 Å². The summed E-state index contributed by atoms with van der Waals surface area (Å²) in [4.78, 5) is 22.3. The molecule has 7 nitrogen and oxygen atoms in total. The Bertz CT molecular complexity index is 1210. The van der Waals surface area contributed by atoms with Crippen LogP contribution in [0, 0.1) is 5.82 Å². The minimum atomic E-state index is -0.404. The van der Waals surface area contributed by atoms with Gasteiger partial charge in [-0.3, -0.25) is 9.69 Å². The van der Waals surface area contributed by atoms with Crippen LogP contribution in [-0.2, 0) is 4.74 Å². The van der Waals surface area contributed by atoms with Crippen molar-refractivity contribution in [2.75, 3.05) is 33.3 Å². The Balaban J connectivity index is 1.29. The van der Waals surface area contributed by atoms with Crippen molar-refractivity contribution < 1.29 is 19.0 Å². The molecule has 37 heavy (non-hydrogen) atoms. The van der Waals surface area contributed by atoms with E-state index in [4.69, 9.17) is 4.74 Å². The fourth-order valence-electron chi connectivity index (χ4n) is 5.77. The lowest BCUT2D eigenvalue weighted by atomic mass is 9.95. The van der Waals surface area contributed by atoms with Crippen LogP contribution < -0.4 is 0 Å². The molecule has 0 aliphatic carbocycles. The molecule has 0 saturated carbocycles. The number of methoxy groups -OCH3 is 1. The van der Waals surface area contributed by atoms with Crippen molar-refractivity contribution in [2.24, 2.45) is 0 Å². The number of hydrogen-bond donors (Lipinski definition) is 1. The number of imidazole rings is 1. The summed E-state index contributed by atoms with van der Waals surface area (Å²) in [5.74, 6) is -0.275. The van der Waals surface area contributed by atoms with E-state index in [1.54, 1.807) is 31.8 Å². The summed E-state index contributed by atoms with van der Waals surface area (Å²) >= 11 is 0. The molecule has 2 fully saturated rings. The van der Waals surface area contributed by atoms with Gasteiger partial charge in [0.05, 0.1) is 30.8 Å². The number of benzene rings is 2. The first kappa shape index (κ1) is 25.6. The normalized spacial score (nSPS) is 22.2. The number of aromatic nitrogens is 2. The molecule has 0 radical (unpaired) electrons. The van der Waals surface area contributed by atoms with E-state index in [0.29, 0.717) is 31.2 Å². The molecule has 2 aliphatic heterocycles. The monoisotopic (exact) mass is 506 g/mol. The highest BCUT2D eigenvalue weighted by atomic mass is 19.1. The molecule has 5 rings (SSSR count). The van der Waals surface area contributed by atoms with Gasteiger partial charge in [-0.25, -0.2) is 9.37 Å². The van der Waals surface area contributed by atoms with Crippen LogP contribution >= 0.6 is 0 Å². The maximum Gasteiger partial charge on any atom is 0.272 e. The zero-order valence-electron chi connectivity index (χ0n) is 21.5. The number of aliphatic hydroxyl groups excluding tert-OH is 1. The number of rotatable bonds is 6. The van der Waals surface area contributed by atoms with Gasteiger partial charge in [0.1, 0.15) is 11.5 Å². The van der Waals surface area contributed by atoms with Crippen LogP contribution in [0.4, 0.5) is 4.39 Å². The average molecular weight is 507 g/mol. The zero-order valence-corrected chi connectivity index (χ0v) is 21.5. The largest absolute Gasteiger partial charge is 0.390 e. The minimum absolute atomic E-state index is 0.00843. The molecule has 3 atom stereocenters. The van der Waals surface area contributed by atoms with Crippen molar-refractivity contribution in [2.45, 2.75) is 50.5 Å². The summed E-state index contributed by atoms with van der Waals surface area (Å²) in [6, 6.07) is 14.8. The maximum absolute atomic E-state index is 13.6. The summed E-state index contributed by atoms with van der Waals surface area (Å²) < 4.78 is 20.9. The van der Waals surface area contributed by atoms with Crippen LogP contribution in [0.25, 0.3) is 11.1 Å². The van der Waals surface area contributed by atoms with E-state index >= 15 is 0 Å². The van der Waals surface area contributed by atoms with E-state index < -0.39 is 6.10 Å². The van der Waals surface area contributed by atoms with Gasteiger partial charge in [0, 0.05) is 39.3 Å². The standard InChI is InChI=1S/C29H35FN4O3/c1-20(24-5-3-4-6-25(24)21-7-9-22(30)10-8-21)34-19-31-17-26(34)29(36)32-14-11-23(12-15-32)33-16-13-27(35)28(18-33)37-2/h3-10,17,19-20,23,27-28,35H,11-16,18H2,1-2H3/t20-,27+,28?/m0/s1. The predicted molar refractivity (Wildman–Crippen MR) is 140 cm³/mol. The molecule has 1 amide bonds. The molecule has 3 heterocycles. The number of aliphatic hydroxyl groups is 1. The van der Waals surface area contributed by atoms with Crippen LogP contribution in [-0.4, -0.2) is 81.9 Å². The number of carbonyl (C=O) groups excluding carboxylic acids is 1. The lowest BCUT2D eigenvalue weighted by Crippen LogP contribution is -2.54. The summed E-state index contributed by atoms with van der Waals surface area (Å²) in [5.41, 5.74) is 3.55. The van der Waals surface area contributed by atoms with Gasteiger partial charge in [-0.15, -0.1) is 0 Å². The topological polar surface area (TPSA) is 70.8 Å². The summed E-state index contributed by atoms with van der Waals surface area (Å²) in [5, 5.41) is 10.1. The number of carbonyl (C=O) groups is 1. The van der Waals surface area contributed by atoms with Crippen molar-refractivity contribution in [3.05, 3.63) is 78.1 Å². The molecular formula is C29H35FN4O3. The fourth-order valence-corrected chi connectivity index (χ4v) is 5.77. The molecule has 0 bridgehead atoms. The molecule has 196 valence electrons. The summed E-state index contributed by atoms with van der Waals surface area (Å²) in [6.45, 7) is 5.02. The van der Waals surface area contributed by atoms with E-state index in [-0.39, 0.29) is 23.9 Å². The van der Waals surface area contributed by atoms with Crippen LogP contribution in [0.5, 0.6) is 0 Å². The fraction of sp³-hybridized carbons (Fsp3) is 0.448. The van der Waals surface area contributed by atoms with E-state index in [2.05, 4.69) is 16.8 Å². The van der Waals surface area contributed by atoms with E-state index in [0.717, 1.165) is 42.6 Å². The molecule has 0 spiro atoms. The second-order valence-electron chi connectivity index (χ2n) is 10.1. The Hall–Kier alpha value is -3.07. The Morgan fingerprint density at radius 1 is 1.08 bits per heavy atom. The predicted octanol–water partition coefficient (Wildman–Crippen LogP) is 3.98. The number of piperidine rings is 2. The Kier molecular flexibility index (Phi) is 7.69. The Labute approximate surface area is 217 Å². The molecule has 3 aromatic rings. The first-order chi connectivity index (χ1) is 18.0. The molecule has 2 saturated heterocycles. The molecule has 2 aromatic carbocycles. The van der Waals surface area contributed by atoms with Crippen molar-refractivity contribution in [1.29, 1.82) is 0 Å². The first-order valence-electron chi connectivity index (χ1n) is 13.1. The number of halogens is 1. The first-order valence-corrected chi connectivity index (χ1v) is 13.1. The third-order valence-electron chi connectivity index (χ3n) is 8.00. The van der Waals surface area contributed by atoms with Gasteiger partial charge >= 0.3 is 0 Å². The second kappa shape index (κ2) is 11.1. The Morgan fingerprint density at radius 2 is 1.81 bits per heavy atom. The van der Waals surface area contributed by atoms with Gasteiger partial charge < -0.3 is 19.3 Å². The average Bonchev–Trinajstić information content (AvgIpc) is 3.43. The maximum atomic E-state index is 13.6. The van der Waals surface area contributed by atoms with E-state index in [9.17, 15) is 14.3 Å². The van der Waals surface area contributed by atoms with Gasteiger partial charge in [0.25, 0.3) is 5.91 Å². The lowest BCUT2D eigenvalue weighted by molar-refractivity contribution is -0.0740. The molecule has 1 N–H and O–H groups in total. The van der Waals surface area contributed by atoms with Crippen LogP contribution in [0.15, 0.2) is 61.1 Å². The van der Waals surface area contributed by atoms with Gasteiger partial charge in [-0.05, 0) is 55.0 Å². The number of likely N-dealkylation sites (tertiary alicyclic amines) is 2. The molecule has 8 heteroatoms. The van der Waals surface area contributed by atoms with Crippen molar-refractivity contribution >= 4 is 5.91 Å². The molecule has 2 aliphatic rings. The molecule has 1 aromatic heterocycles. The number of nitrogens with zero attached hydrogens (tertiary/aromatic N) is 4. The highest BCUT2D eigenvalue weighted by Crippen LogP contribution is 2.31. The molecular weight excluding hydrogens is 471 g/mol. The van der Waals surface area contributed by atoms with Crippen LogP contribution in [0.1, 0.15) is 48.3 Å². The quantitative estimate of drug-likeness (QED) is 0.548. The highest BCUT2D eigenvalue weighted by Gasteiger charge is 2.34. The SMILES string of the molecule is COC1CN(C2CCN(C(=O)c3cncn3[C@@H](C)c3ccccc3-c3ccc(F)cc3)CC2)CC[C@H]1O. The van der Waals surface area contributed by atoms with Crippen LogP contribution in [0.2, 0.25) is 0 Å². The van der Waals surface area contributed by atoms with Gasteiger partial charge in [-0.2, -0.15) is 0 Å². The van der Waals surface area contributed by atoms with Crippen LogP contribution in [0.3, 0.4) is 0 Å². The number of ether oxygens (including phenoxy) is 1. The number of amides is 1. The van der Waals surface area contributed by atoms with Gasteiger partial charge in [0.2, 0.25) is 0 Å². The summed E-state index contributed by atoms with van der Waals surface area (Å²) in [6.07, 6.45) is 5.33. The van der Waals surface area contributed by atoms with Gasteiger partial charge in [-0.1, -0.05) is 36.4 Å². The van der Waals surface area contributed by atoms with Crippen molar-refractivity contribution in [1.82, 2.24) is 19.4 Å². The minimum Gasteiger partial charge on any atom is -0.390 e. The van der Waals surface area contributed by atoms with E-state index in [1.165, 1.54) is 12.1 Å². The van der Waals surface area contributed by atoms with Gasteiger partial charge in [0.15, 0.2) is 0 Å². The number of hydrogen-bond acceptors (Lipinski definition) is 5. The Morgan fingerprint density at radius 3 is 2.54 bits per heavy atom.